The van der Waals surface area contributed by atoms with Crippen LogP contribution in [0.2, 0.25) is 0 Å². The molecule has 2 aromatic rings. The molecule has 9 heteroatoms. The lowest BCUT2D eigenvalue weighted by Gasteiger charge is -2.24. The molecular weight excluding hydrogens is 432 g/mol. The van der Waals surface area contributed by atoms with Crippen LogP contribution in [0, 0.1) is 0 Å². The second-order valence-corrected chi connectivity index (χ2v) is 8.02. The van der Waals surface area contributed by atoms with Crippen molar-refractivity contribution in [2.45, 2.75) is 18.9 Å². The largest absolute Gasteiger partial charge is 0.493 e. The minimum Gasteiger partial charge on any atom is -0.493 e. The summed E-state index contributed by atoms with van der Waals surface area (Å²) < 4.78 is 16.1. The molecule has 2 aromatic carbocycles. The number of ether oxygens (including phenoxy) is 3. The van der Waals surface area contributed by atoms with Crippen molar-refractivity contribution in [3.8, 4) is 11.5 Å². The third-order valence-electron chi connectivity index (χ3n) is 4.73. The number of methoxy groups -OCH3 is 1. The summed E-state index contributed by atoms with van der Waals surface area (Å²) >= 11 is 1.43. The van der Waals surface area contributed by atoms with Crippen molar-refractivity contribution in [3.63, 3.8) is 0 Å². The molecule has 1 N–H and O–H groups in total. The van der Waals surface area contributed by atoms with Crippen LogP contribution in [0.15, 0.2) is 48.5 Å². The number of hydrogen-bond acceptors (Lipinski definition) is 7. The number of nitrogens with one attached hydrogen (secondary N) is 1. The normalized spacial score (nSPS) is 15.4. The van der Waals surface area contributed by atoms with E-state index < -0.39 is 11.9 Å². The molecule has 170 valence electrons. The van der Waals surface area contributed by atoms with Crippen LogP contribution in [0.3, 0.4) is 0 Å². The van der Waals surface area contributed by atoms with Gasteiger partial charge < -0.3 is 24.4 Å². The van der Waals surface area contributed by atoms with Crippen LogP contribution >= 0.6 is 11.8 Å². The Labute approximate surface area is 191 Å². The molecule has 1 aliphatic rings. The van der Waals surface area contributed by atoms with E-state index in [2.05, 4.69) is 5.32 Å². The molecule has 1 saturated heterocycles. The molecule has 0 spiro atoms. The lowest BCUT2D eigenvalue weighted by molar-refractivity contribution is -0.145. The van der Waals surface area contributed by atoms with Gasteiger partial charge in [-0.25, -0.2) is 0 Å². The summed E-state index contributed by atoms with van der Waals surface area (Å²) in [6.45, 7) is 2.07. The second kappa shape index (κ2) is 11.4. The Morgan fingerprint density at radius 1 is 1.16 bits per heavy atom. The highest BCUT2D eigenvalue weighted by Gasteiger charge is 2.34. The average Bonchev–Trinajstić information content (AvgIpc) is 3.17. The fourth-order valence-electron chi connectivity index (χ4n) is 3.19. The summed E-state index contributed by atoms with van der Waals surface area (Å²) in [5.41, 5.74) is 1.70. The zero-order valence-corrected chi connectivity index (χ0v) is 18.9. The summed E-state index contributed by atoms with van der Waals surface area (Å²) in [7, 11) is 1.56. The quantitative estimate of drug-likeness (QED) is 0.547. The molecule has 2 amide bonds. The standard InChI is InChI=1S/C23H26N2O6S/c1-3-30-19-11-17(9-10-18(19)29-2)23-25(21(27)15-32-23)13-20(26)24-12-22(28)31-14-16-7-5-4-6-8-16/h4-11,23H,3,12-15H2,1-2H3,(H,24,26). The maximum atomic E-state index is 12.4. The number of hydrogen-bond donors (Lipinski definition) is 1. The van der Waals surface area contributed by atoms with Crippen molar-refractivity contribution < 1.29 is 28.6 Å². The Balaban J connectivity index is 1.55. The first-order valence-electron chi connectivity index (χ1n) is 10.2. The fourth-order valence-corrected chi connectivity index (χ4v) is 4.36. The Morgan fingerprint density at radius 2 is 1.94 bits per heavy atom. The van der Waals surface area contributed by atoms with E-state index in [1.807, 2.05) is 49.4 Å². The average molecular weight is 459 g/mol. The monoisotopic (exact) mass is 458 g/mol. The van der Waals surface area contributed by atoms with Gasteiger partial charge in [0.05, 0.1) is 19.5 Å². The molecule has 0 aliphatic carbocycles. The molecule has 3 rings (SSSR count). The first-order valence-corrected chi connectivity index (χ1v) is 11.2. The topological polar surface area (TPSA) is 94.2 Å². The van der Waals surface area contributed by atoms with E-state index in [0.29, 0.717) is 18.1 Å². The highest BCUT2D eigenvalue weighted by atomic mass is 32.2. The molecule has 0 radical (unpaired) electrons. The summed E-state index contributed by atoms with van der Waals surface area (Å²) in [6.07, 6.45) is 0. The van der Waals surface area contributed by atoms with E-state index in [0.717, 1.165) is 11.1 Å². The minimum absolute atomic E-state index is 0.137. The summed E-state index contributed by atoms with van der Waals surface area (Å²) in [5, 5.41) is 2.20. The van der Waals surface area contributed by atoms with Gasteiger partial charge in [-0.1, -0.05) is 36.4 Å². The second-order valence-electron chi connectivity index (χ2n) is 6.95. The maximum absolute atomic E-state index is 12.4. The van der Waals surface area contributed by atoms with Crippen molar-refractivity contribution in [1.29, 1.82) is 0 Å². The molecule has 0 saturated carbocycles. The maximum Gasteiger partial charge on any atom is 0.325 e. The third-order valence-corrected chi connectivity index (χ3v) is 5.98. The van der Waals surface area contributed by atoms with Crippen molar-refractivity contribution in [2.75, 3.05) is 32.6 Å². The smallest absolute Gasteiger partial charge is 0.325 e. The summed E-state index contributed by atoms with van der Waals surface area (Å²) in [4.78, 5) is 38.2. The molecule has 32 heavy (non-hydrogen) atoms. The number of carbonyl (C=O) groups is 3. The van der Waals surface area contributed by atoms with E-state index in [1.165, 1.54) is 16.7 Å². The van der Waals surface area contributed by atoms with Gasteiger partial charge in [-0.2, -0.15) is 0 Å². The lowest BCUT2D eigenvalue weighted by Crippen LogP contribution is -2.41. The van der Waals surface area contributed by atoms with Crippen molar-refractivity contribution in [2.24, 2.45) is 0 Å². The number of amides is 2. The van der Waals surface area contributed by atoms with Gasteiger partial charge in [0.15, 0.2) is 11.5 Å². The highest BCUT2D eigenvalue weighted by Crippen LogP contribution is 2.41. The molecule has 1 fully saturated rings. The van der Waals surface area contributed by atoms with Crippen LogP contribution in [0.25, 0.3) is 0 Å². The number of esters is 1. The van der Waals surface area contributed by atoms with Crippen molar-refractivity contribution >= 4 is 29.5 Å². The number of thioether (sulfide) groups is 1. The Morgan fingerprint density at radius 3 is 2.66 bits per heavy atom. The molecule has 1 unspecified atom stereocenters. The summed E-state index contributed by atoms with van der Waals surface area (Å²) in [5.74, 6) is 0.336. The summed E-state index contributed by atoms with van der Waals surface area (Å²) in [6, 6.07) is 14.7. The fraction of sp³-hybridized carbons (Fsp3) is 0.348. The number of carbonyl (C=O) groups excluding carboxylic acids is 3. The molecule has 8 nitrogen and oxygen atoms in total. The van der Waals surface area contributed by atoms with E-state index in [9.17, 15) is 14.4 Å². The van der Waals surface area contributed by atoms with Crippen LogP contribution in [-0.2, 0) is 25.7 Å². The zero-order chi connectivity index (χ0) is 22.9. The molecule has 0 bridgehead atoms. The Bertz CT molecular complexity index is 953. The van der Waals surface area contributed by atoms with E-state index >= 15 is 0 Å². The van der Waals surface area contributed by atoms with Crippen LogP contribution in [0.1, 0.15) is 23.4 Å². The highest BCUT2D eigenvalue weighted by molar-refractivity contribution is 8.00. The molecule has 1 aliphatic heterocycles. The van der Waals surface area contributed by atoms with Gasteiger partial charge >= 0.3 is 5.97 Å². The lowest BCUT2D eigenvalue weighted by atomic mass is 10.1. The van der Waals surface area contributed by atoms with E-state index in [-0.39, 0.29) is 36.7 Å². The van der Waals surface area contributed by atoms with Crippen molar-refractivity contribution in [1.82, 2.24) is 10.2 Å². The minimum atomic E-state index is -0.544. The van der Waals surface area contributed by atoms with Gasteiger partial charge in [-0.05, 0) is 30.2 Å². The predicted octanol–water partition coefficient (Wildman–Crippen LogP) is 2.53. The number of nitrogens with zero attached hydrogens (tertiary/aromatic N) is 1. The van der Waals surface area contributed by atoms with Crippen LogP contribution in [0.5, 0.6) is 11.5 Å². The van der Waals surface area contributed by atoms with E-state index in [1.54, 1.807) is 13.2 Å². The number of rotatable bonds is 10. The van der Waals surface area contributed by atoms with Gasteiger partial charge in [-0.3, -0.25) is 14.4 Å². The third kappa shape index (κ3) is 6.16. The molecular formula is C23H26N2O6S. The van der Waals surface area contributed by atoms with Gasteiger partial charge in [-0.15, -0.1) is 11.8 Å². The van der Waals surface area contributed by atoms with Gasteiger partial charge in [0.25, 0.3) is 0 Å². The number of benzene rings is 2. The zero-order valence-electron chi connectivity index (χ0n) is 18.0. The molecule has 0 aromatic heterocycles. The molecule has 1 heterocycles. The van der Waals surface area contributed by atoms with Crippen LogP contribution in [0.4, 0.5) is 0 Å². The Kier molecular flexibility index (Phi) is 8.38. The first kappa shape index (κ1) is 23.5. The first-order chi connectivity index (χ1) is 15.5. The van der Waals surface area contributed by atoms with Crippen molar-refractivity contribution in [3.05, 3.63) is 59.7 Å². The SMILES string of the molecule is CCOc1cc(C2SCC(=O)N2CC(=O)NCC(=O)OCc2ccccc2)ccc1OC. The van der Waals surface area contributed by atoms with Gasteiger partial charge in [0.1, 0.15) is 25.1 Å². The predicted molar refractivity (Wildman–Crippen MR) is 120 cm³/mol. The van der Waals surface area contributed by atoms with Gasteiger partial charge in [0, 0.05) is 0 Å². The van der Waals surface area contributed by atoms with Gasteiger partial charge in [0.2, 0.25) is 11.8 Å². The molecule has 1 atom stereocenters. The van der Waals surface area contributed by atoms with E-state index in [4.69, 9.17) is 14.2 Å². The van der Waals surface area contributed by atoms with Crippen LogP contribution < -0.4 is 14.8 Å². The Hall–Kier alpha value is -3.20. The van der Waals surface area contributed by atoms with Crippen LogP contribution in [-0.4, -0.2) is 55.2 Å².